The maximum Gasteiger partial charge on any atom is 0.146 e. The van der Waals surface area contributed by atoms with Gasteiger partial charge in [0.1, 0.15) is 5.72 Å². The monoisotopic (exact) mass is 266 g/mol. The summed E-state index contributed by atoms with van der Waals surface area (Å²) in [5.74, 6) is 7.47. The van der Waals surface area contributed by atoms with E-state index in [1.54, 1.807) is 0 Å². The fraction of sp³-hybridized carbons (Fsp3) is 0.647. The van der Waals surface area contributed by atoms with Crippen molar-refractivity contribution in [2.45, 2.75) is 18.2 Å². The predicted octanol–water partition coefficient (Wildman–Crippen LogP) is 2.16. The summed E-state index contributed by atoms with van der Waals surface area (Å²) in [5.41, 5.74) is 7.82. The fourth-order valence-corrected chi connectivity index (χ4v) is 8.00. The van der Waals surface area contributed by atoms with Crippen molar-refractivity contribution in [1.82, 2.24) is 0 Å². The Balaban J connectivity index is 1.38. The molecule has 2 heterocycles. The SMILES string of the molecule is Nc1ccc(NC23OC4C5C6CC(C7C6C4C72)C53)cc1. The highest BCUT2D eigenvalue weighted by Gasteiger charge is 2.93. The van der Waals surface area contributed by atoms with Crippen LogP contribution in [0, 0.1) is 47.3 Å². The highest BCUT2D eigenvalue weighted by molar-refractivity contribution is 5.55. The minimum absolute atomic E-state index is 0.00675. The van der Waals surface area contributed by atoms with Crippen LogP contribution in [-0.4, -0.2) is 11.8 Å². The summed E-state index contributed by atoms with van der Waals surface area (Å²) < 4.78 is 6.65. The first-order valence-electron chi connectivity index (χ1n) is 8.11. The van der Waals surface area contributed by atoms with Gasteiger partial charge in [0, 0.05) is 23.2 Å². The van der Waals surface area contributed by atoms with Gasteiger partial charge in [-0.25, -0.2) is 0 Å². The zero-order valence-electron chi connectivity index (χ0n) is 11.2. The summed E-state index contributed by atoms with van der Waals surface area (Å²) in [6.07, 6.45) is 2.12. The fourth-order valence-electron chi connectivity index (χ4n) is 8.00. The molecule has 5 saturated carbocycles. The zero-order valence-corrected chi connectivity index (χ0v) is 11.2. The molecule has 0 radical (unpaired) electrons. The molecule has 4 bridgehead atoms. The van der Waals surface area contributed by atoms with E-state index in [0.717, 1.165) is 53.0 Å². The summed E-state index contributed by atoms with van der Waals surface area (Å²) in [5, 5.41) is 3.83. The van der Waals surface area contributed by atoms with Crippen LogP contribution in [0.1, 0.15) is 6.42 Å². The maximum atomic E-state index is 6.65. The Morgan fingerprint density at radius 2 is 1.85 bits per heavy atom. The molecule has 3 nitrogen and oxygen atoms in total. The van der Waals surface area contributed by atoms with Gasteiger partial charge in [0.15, 0.2) is 0 Å². The Kier molecular flexibility index (Phi) is 1.21. The van der Waals surface area contributed by atoms with E-state index in [0.29, 0.717) is 6.10 Å². The van der Waals surface area contributed by atoms with E-state index in [2.05, 4.69) is 17.4 Å². The third kappa shape index (κ3) is 0.673. The van der Waals surface area contributed by atoms with Crippen LogP contribution in [0.4, 0.5) is 11.4 Å². The van der Waals surface area contributed by atoms with Crippen LogP contribution in [0.15, 0.2) is 24.3 Å². The molecule has 1 aromatic rings. The number of nitrogens with one attached hydrogen (secondary N) is 1. The molecular weight excluding hydrogens is 248 g/mol. The van der Waals surface area contributed by atoms with Gasteiger partial charge >= 0.3 is 0 Å². The molecule has 8 rings (SSSR count). The van der Waals surface area contributed by atoms with Crippen LogP contribution in [0.25, 0.3) is 0 Å². The van der Waals surface area contributed by atoms with Gasteiger partial charge in [0.05, 0.1) is 6.10 Å². The van der Waals surface area contributed by atoms with Crippen molar-refractivity contribution in [2.24, 2.45) is 47.3 Å². The first kappa shape index (κ1) is 9.67. The van der Waals surface area contributed by atoms with Crippen LogP contribution >= 0.6 is 0 Å². The topological polar surface area (TPSA) is 47.3 Å². The first-order valence-corrected chi connectivity index (χ1v) is 8.11. The number of ether oxygens (including phenoxy) is 1. The third-order valence-electron chi connectivity index (χ3n) is 7.95. The second-order valence-electron chi connectivity index (χ2n) is 8.05. The molecule has 3 heteroatoms. The second kappa shape index (κ2) is 2.50. The van der Waals surface area contributed by atoms with Crippen molar-refractivity contribution in [3.63, 3.8) is 0 Å². The molecule has 7 fully saturated rings. The van der Waals surface area contributed by atoms with Crippen molar-refractivity contribution >= 4 is 11.4 Å². The van der Waals surface area contributed by atoms with E-state index >= 15 is 0 Å². The normalized spacial score (nSPS) is 64.5. The zero-order chi connectivity index (χ0) is 12.8. The summed E-state index contributed by atoms with van der Waals surface area (Å²) in [4.78, 5) is 0. The molecular formula is C17H18N2O. The summed E-state index contributed by atoms with van der Waals surface area (Å²) in [6.45, 7) is 0. The Hall–Kier alpha value is -1.22. The van der Waals surface area contributed by atoms with Crippen LogP contribution < -0.4 is 11.1 Å². The van der Waals surface area contributed by atoms with E-state index < -0.39 is 0 Å². The average molecular weight is 266 g/mol. The minimum atomic E-state index is -0.00675. The van der Waals surface area contributed by atoms with Crippen molar-refractivity contribution < 1.29 is 4.74 Å². The summed E-state index contributed by atoms with van der Waals surface area (Å²) in [7, 11) is 0. The van der Waals surface area contributed by atoms with Gasteiger partial charge in [-0.15, -0.1) is 0 Å². The van der Waals surface area contributed by atoms with E-state index in [4.69, 9.17) is 10.5 Å². The molecule has 2 aliphatic heterocycles. The molecule has 7 aliphatic rings. The number of benzene rings is 1. The highest BCUT2D eigenvalue weighted by Crippen LogP contribution is 2.89. The van der Waals surface area contributed by atoms with E-state index in [1.165, 1.54) is 12.1 Å². The van der Waals surface area contributed by atoms with Gasteiger partial charge in [0.25, 0.3) is 0 Å². The van der Waals surface area contributed by atoms with Gasteiger partial charge in [0.2, 0.25) is 0 Å². The van der Waals surface area contributed by atoms with Gasteiger partial charge in [-0.2, -0.15) is 0 Å². The van der Waals surface area contributed by atoms with Crippen LogP contribution in [0.3, 0.4) is 0 Å². The molecule has 3 N–H and O–H groups in total. The average Bonchev–Trinajstić information content (AvgIpc) is 3.05. The van der Waals surface area contributed by atoms with E-state index in [-0.39, 0.29) is 5.72 Å². The van der Waals surface area contributed by atoms with Crippen molar-refractivity contribution in [3.8, 4) is 0 Å². The van der Waals surface area contributed by atoms with E-state index in [1.807, 2.05) is 12.1 Å². The Bertz CT molecular complexity index is 647. The highest BCUT2D eigenvalue weighted by atomic mass is 16.5. The Morgan fingerprint density at radius 1 is 1.00 bits per heavy atom. The van der Waals surface area contributed by atoms with Crippen LogP contribution in [0.5, 0.6) is 0 Å². The molecule has 0 amide bonds. The van der Waals surface area contributed by atoms with E-state index in [9.17, 15) is 0 Å². The lowest BCUT2D eigenvalue weighted by molar-refractivity contribution is -0.00799. The molecule has 5 aliphatic carbocycles. The quantitative estimate of drug-likeness (QED) is 0.806. The number of nitrogen functional groups attached to an aromatic ring is 1. The number of hydrogen-bond donors (Lipinski definition) is 2. The molecule has 102 valence electrons. The predicted molar refractivity (Wildman–Crippen MR) is 74.6 cm³/mol. The third-order valence-corrected chi connectivity index (χ3v) is 7.95. The smallest absolute Gasteiger partial charge is 0.146 e. The maximum absolute atomic E-state index is 6.65. The number of rotatable bonds is 2. The molecule has 10 unspecified atom stereocenters. The lowest BCUT2D eigenvalue weighted by atomic mass is 9.59. The van der Waals surface area contributed by atoms with Crippen LogP contribution in [-0.2, 0) is 4.74 Å². The Labute approximate surface area is 117 Å². The molecule has 0 spiro atoms. The largest absolute Gasteiger partial charge is 0.399 e. The second-order valence-corrected chi connectivity index (χ2v) is 8.05. The summed E-state index contributed by atoms with van der Waals surface area (Å²) >= 11 is 0. The summed E-state index contributed by atoms with van der Waals surface area (Å²) in [6, 6.07) is 8.20. The van der Waals surface area contributed by atoms with Gasteiger partial charge in [-0.1, -0.05) is 0 Å². The van der Waals surface area contributed by atoms with Gasteiger partial charge < -0.3 is 15.8 Å². The van der Waals surface area contributed by atoms with Crippen molar-refractivity contribution in [1.29, 1.82) is 0 Å². The molecule has 10 atom stereocenters. The number of nitrogens with two attached hydrogens (primary N) is 1. The standard InChI is InChI=1S/C17H18N2O/c18-6-1-3-7(4-2-6)19-17-14-9-5-8-10-11(9)15(17)13(10)16(20-17)12(8)14/h1-4,8-16,19H,5,18H2. The van der Waals surface area contributed by atoms with Crippen molar-refractivity contribution in [3.05, 3.63) is 24.3 Å². The van der Waals surface area contributed by atoms with Crippen LogP contribution in [0.2, 0.25) is 0 Å². The lowest BCUT2D eigenvalue weighted by Gasteiger charge is -2.46. The van der Waals surface area contributed by atoms with Gasteiger partial charge in [-0.05, 0) is 66.2 Å². The molecule has 20 heavy (non-hydrogen) atoms. The number of hydrogen-bond acceptors (Lipinski definition) is 3. The van der Waals surface area contributed by atoms with Gasteiger partial charge in [-0.3, -0.25) is 0 Å². The molecule has 2 saturated heterocycles. The first-order chi connectivity index (χ1) is 9.79. The minimum Gasteiger partial charge on any atom is -0.399 e. The van der Waals surface area contributed by atoms with Crippen molar-refractivity contribution in [2.75, 3.05) is 11.1 Å². The number of anilines is 2. The molecule has 1 aromatic carbocycles. The molecule has 0 aromatic heterocycles. The Morgan fingerprint density at radius 3 is 2.70 bits per heavy atom. The lowest BCUT2D eigenvalue weighted by Crippen LogP contribution is -2.52.